The minimum atomic E-state index is -0.861. The zero-order chi connectivity index (χ0) is 16.4. The molecule has 0 unspecified atom stereocenters. The van der Waals surface area contributed by atoms with E-state index < -0.39 is 17.9 Å². The second-order valence-electron chi connectivity index (χ2n) is 5.12. The molecule has 0 spiro atoms. The van der Waals surface area contributed by atoms with Crippen LogP contribution >= 0.6 is 0 Å². The molecule has 0 saturated carbocycles. The van der Waals surface area contributed by atoms with Crippen LogP contribution in [0.2, 0.25) is 0 Å². The molecule has 1 aromatic heterocycles. The molecule has 118 valence electrons. The fourth-order valence-electron chi connectivity index (χ4n) is 2.48. The SMILES string of the molecule is CN1C(=O)[C@@H](NC(=O)C(=O)NCc2ccco2)c2ccccc21. The van der Waals surface area contributed by atoms with Gasteiger partial charge in [0.1, 0.15) is 11.8 Å². The summed E-state index contributed by atoms with van der Waals surface area (Å²) in [5.41, 5.74) is 1.39. The third-order valence-corrected chi connectivity index (χ3v) is 3.67. The highest BCUT2D eigenvalue weighted by atomic mass is 16.3. The van der Waals surface area contributed by atoms with E-state index in [1.54, 1.807) is 37.4 Å². The molecular weight excluding hydrogens is 298 g/mol. The van der Waals surface area contributed by atoms with E-state index in [9.17, 15) is 14.4 Å². The predicted molar refractivity (Wildman–Crippen MR) is 81.3 cm³/mol. The van der Waals surface area contributed by atoms with Gasteiger partial charge in [-0.2, -0.15) is 0 Å². The van der Waals surface area contributed by atoms with Gasteiger partial charge in [0.25, 0.3) is 5.91 Å². The topological polar surface area (TPSA) is 91.7 Å². The number of hydrogen-bond acceptors (Lipinski definition) is 4. The number of likely N-dealkylation sites (N-methyl/N-ethyl adjacent to an activating group) is 1. The number of furan rings is 1. The molecule has 0 aliphatic carbocycles. The lowest BCUT2D eigenvalue weighted by molar-refractivity contribution is -0.140. The first kappa shape index (κ1) is 14.8. The Kier molecular flexibility index (Phi) is 3.84. The van der Waals surface area contributed by atoms with Crippen molar-refractivity contribution in [2.45, 2.75) is 12.6 Å². The van der Waals surface area contributed by atoms with Gasteiger partial charge >= 0.3 is 11.8 Å². The van der Waals surface area contributed by atoms with Crippen LogP contribution in [0.5, 0.6) is 0 Å². The fourth-order valence-corrected chi connectivity index (χ4v) is 2.48. The van der Waals surface area contributed by atoms with Gasteiger partial charge in [0.05, 0.1) is 12.8 Å². The number of carbonyl (C=O) groups is 3. The number of para-hydroxylation sites is 1. The first-order valence-corrected chi connectivity index (χ1v) is 7.05. The number of amides is 3. The van der Waals surface area contributed by atoms with Crippen LogP contribution in [0.25, 0.3) is 0 Å². The first-order chi connectivity index (χ1) is 11.1. The largest absolute Gasteiger partial charge is 0.467 e. The number of hydrogen-bond donors (Lipinski definition) is 2. The molecule has 1 aliphatic heterocycles. The Balaban J connectivity index is 1.66. The molecule has 7 nitrogen and oxygen atoms in total. The van der Waals surface area contributed by atoms with Crippen molar-refractivity contribution in [3.8, 4) is 0 Å². The number of nitrogens with one attached hydrogen (secondary N) is 2. The maximum Gasteiger partial charge on any atom is 0.310 e. The minimum Gasteiger partial charge on any atom is -0.467 e. The predicted octanol–water partition coefficient (Wildman–Crippen LogP) is 0.730. The molecule has 0 fully saturated rings. The number of anilines is 1. The van der Waals surface area contributed by atoms with Gasteiger partial charge in [-0.05, 0) is 18.2 Å². The Hall–Kier alpha value is -3.09. The summed E-state index contributed by atoms with van der Waals surface area (Å²) in [7, 11) is 1.63. The summed E-state index contributed by atoms with van der Waals surface area (Å²) in [4.78, 5) is 37.5. The Morgan fingerprint density at radius 1 is 1.17 bits per heavy atom. The molecule has 3 amide bonds. The van der Waals surface area contributed by atoms with Crippen LogP contribution in [0.15, 0.2) is 47.1 Å². The Morgan fingerprint density at radius 3 is 2.70 bits per heavy atom. The van der Waals surface area contributed by atoms with Crippen LogP contribution in [0.3, 0.4) is 0 Å². The quantitative estimate of drug-likeness (QED) is 0.817. The number of fused-ring (bicyclic) bond motifs is 1. The van der Waals surface area contributed by atoms with Crippen molar-refractivity contribution < 1.29 is 18.8 Å². The van der Waals surface area contributed by atoms with Gasteiger partial charge in [-0.15, -0.1) is 0 Å². The normalized spacial score (nSPS) is 16.1. The smallest absolute Gasteiger partial charge is 0.310 e. The molecular formula is C16H15N3O4. The molecule has 1 aromatic carbocycles. The molecule has 1 aliphatic rings. The van der Waals surface area contributed by atoms with E-state index in [0.717, 1.165) is 5.69 Å². The van der Waals surface area contributed by atoms with E-state index in [4.69, 9.17) is 4.42 Å². The van der Waals surface area contributed by atoms with Gasteiger partial charge in [-0.3, -0.25) is 14.4 Å². The zero-order valence-corrected chi connectivity index (χ0v) is 12.4. The highest BCUT2D eigenvalue weighted by Crippen LogP contribution is 2.34. The van der Waals surface area contributed by atoms with Crippen molar-refractivity contribution in [3.63, 3.8) is 0 Å². The standard InChI is InChI=1S/C16H15N3O4/c1-19-12-7-3-2-6-11(12)13(16(19)22)18-15(21)14(20)17-9-10-5-4-8-23-10/h2-8,13H,9H2,1H3,(H,17,20)(H,18,21)/t13-/m0/s1. The van der Waals surface area contributed by atoms with Crippen LogP contribution in [-0.4, -0.2) is 24.8 Å². The van der Waals surface area contributed by atoms with Gasteiger partial charge in [0, 0.05) is 18.3 Å². The Labute approximate surface area is 132 Å². The van der Waals surface area contributed by atoms with E-state index in [0.29, 0.717) is 11.3 Å². The van der Waals surface area contributed by atoms with Gasteiger partial charge < -0.3 is 20.0 Å². The van der Waals surface area contributed by atoms with Gasteiger partial charge in [0.2, 0.25) is 0 Å². The summed E-state index contributed by atoms with van der Waals surface area (Å²) < 4.78 is 5.07. The lowest BCUT2D eigenvalue weighted by Gasteiger charge is -2.12. The second-order valence-corrected chi connectivity index (χ2v) is 5.12. The van der Waals surface area contributed by atoms with E-state index in [-0.39, 0.29) is 12.5 Å². The molecule has 2 aromatic rings. The maximum atomic E-state index is 12.2. The number of rotatable bonds is 3. The first-order valence-electron chi connectivity index (χ1n) is 7.05. The van der Waals surface area contributed by atoms with Crippen LogP contribution in [0.4, 0.5) is 5.69 Å². The lowest BCUT2D eigenvalue weighted by atomic mass is 10.1. The van der Waals surface area contributed by atoms with Crippen LogP contribution in [0, 0.1) is 0 Å². The van der Waals surface area contributed by atoms with Crippen molar-refractivity contribution in [1.29, 1.82) is 0 Å². The monoisotopic (exact) mass is 313 g/mol. The van der Waals surface area contributed by atoms with Gasteiger partial charge in [0.15, 0.2) is 0 Å². The molecule has 0 radical (unpaired) electrons. The van der Waals surface area contributed by atoms with Crippen LogP contribution < -0.4 is 15.5 Å². The van der Waals surface area contributed by atoms with Gasteiger partial charge in [-0.1, -0.05) is 18.2 Å². The van der Waals surface area contributed by atoms with E-state index in [1.807, 2.05) is 6.07 Å². The van der Waals surface area contributed by atoms with Crippen LogP contribution in [-0.2, 0) is 20.9 Å². The minimum absolute atomic E-state index is 0.106. The van der Waals surface area contributed by atoms with Crippen molar-refractivity contribution in [3.05, 3.63) is 54.0 Å². The number of benzene rings is 1. The molecule has 3 rings (SSSR count). The summed E-state index contributed by atoms with van der Waals surface area (Å²) in [5, 5.41) is 4.91. The number of nitrogens with zero attached hydrogens (tertiary/aromatic N) is 1. The van der Waals surface area contributed by atoms with Crippen LogP contribution in [0.1, 0.15) is 17.4 Å². The van der Waals surface area contributed by atoms with Crippen molar-refractivity contribution >= 4 is 23.4 Å². The summed E-state index contributed by atoms with van der Waals surface area (Å²) >= 11 is 0. The molecule has 1 atom stereocenters. The maximum absolute atomic E-state index is 12.2. The fraction of sp³-hybridized carbons (Fsp3) is 0.188. The Morgan fingerprint density at radius 2 is 1.96 bits per heavy atom. The van der Waals surface area contributed by atoms with Crippen molar-refractivity contribution in [1.82, 2.24) is 10.6 Å². The third-order valence-electron chi connectivity index (χ3n) is 3.67. The summed E-state index contributed by atoms with van der Waals surface area (Å²) in [6, 6.07) is 9.65. The lowest BCUT2D eigenvalue weighted by Crippen LogP contribution is -2.43. The molecule has 0 saturated heterocycles. The summed E-state index contributed by atoms with van der Waals surface area (Å²) in [6.45, 7) is 0.106. The molecule has 2 heterocycles. The highest BCUT2D eigenvalue weighted by molar-refractivity contribution is 6.35. The second kappa shape index (κ2) is 5.96. The molecule has 0 bridgehead atoms. The Bertz CT molecular complexity index is 754. The van der Waals surface area contributed by atoms with Crippen molar-refractivity contribution in [2.75, 3.05) is 11.9 Å². The third kappa shape index (κ3) is 2.80. The van der Waals surface area contributed by atoms with E-state index in [1.165, 1.54) is 11.2 Å². The highest BCUT2D eigenvalue weighted by Gasteiger charge is 2.36. The average Bonchev–Trinajstić information content (AvgIpc) is 3.16. The molecule has 23 heavy (non-hydrogen) atoms. The zero-order valence-electron chi connectivity index (χ0n) is 12.4. The van der Waals surface area contributed by atoms with Gasteiger partial charge in [-0.25, -0.2) is 0 Å². The average molecular weight is 313 g/mol. The number of carbonyl (C=O) groups excluding carboxylic acids is 3. The summed E-state index contributed by atoms with van der Waals surface area (Å²) in [6.07, 6.45) is 1.48. The van der Waals surface area contributed by atoms with E-state index in [2.05, 4.69) is 10.6 Å². The summed E-state index contributed by atoms with van der Waals surface area (Å²) in [5.74, 6) is -1.42. The molecule has 7 heteroatoms. The van der Waals surface area contributed by atoms with E-state index >= 15 is 0 Å². The molecule has 2 N–H and O–H groups in total. The van der Waals surface area contributed by atoms with Crippen molar-refractivity contribution in [2.24, 2.45) is 0 Å².